The van der Waals surface area contributed by atoms with E-state index in [0.29, 0.717) is 17.1 Å². The number of nitrogens with zero attached hydrogens (tertiary/aromatic N) is 1. The summed E-state index contributed by atoms with van der Waals surface area (Å²) < 4.78 is 0.843. The first-order valence-electron chi connectivity index (χ1n) is 6.95. The van der Waals surface area contributed by atoms with Gasteiger partial charge in [-0.15, -0.1) is 0 Å². The van der Waals surface area contributed by atoms with Gasteiger partial charge in [0.25, 0.3) is 5.91 Å². The predicted octanol–water partition coefficient (Wildman–Crippen LogP) is 3.44. The highest BCUT2D eigenvalue weighted by atomic mass is 79.9. The number of rotatable bonds is 4. The van der Waals surface area contributed by atoms with Crippen LogP contribution < -0.4 is 10.6 Å². The molecule has 1 aliphatic rings. The Kier molecular flexibility index (Phi) is 4.20. The zero-order valence-electron chi connectivity index (χ0n) is 11.7. The van der Waals surface area contributed by atoms with Gasteiger partial charge in [-0.1, -0.05) is 6.07 Å². The van der Waals surface area contributed by atoms with Gasteiger partial charge in [0.15, 0.2) is 0 Å². The summed E-state index contributed by atoms with van der Waals surface area (Å²) in [6, 6.07) is 10.4. The number of hydrogen-bond donors (Lipinski definition) is 2. The number of carbonyl (C=O) groups excluding carboxylic acids is 2. The first-order valence-corrected chi connectivity index (χ1v) is 7.75. The van der Waals surface area contributed by atoms with Gasteiger partial charge < -0.3 is 10.6 Å². The highest BCUT2D eigenvalue weighted by molar-refractivity contribution is 9.10. The molecule has 2 N–H and O–H groups in total. The maximum absolute atomic E-state index is 12.2. The van der Waals surface area contributed by atoms with Crippen LogP contribution in [0.2, 0.25) is 0 Å². The Bertz CT molecular complexity index is 712. The van der Waals surface area contributed by atoms with Crippen molar-refractivity contribution in [3.05, 3.63) is 52.6 Å². The van der Waals surface area contributed by atoms with E-state index in [4.69, 9.17) is 0 Å². The topological polar surface area (TPSA) is 71.1 Å². The smallest absolute Gasteiger partial charge is 0.256 e. The van der Waals surface area contributed by atoms with Crippen molar-refractivity contribution in [1.29, 1.82) is 0 Å². The van der Waals surface area contributed by atoms with Crippen LogP contribution in [0.15, 0.2) is 47.1 Å². The van der Waals surface area contributed by atoms with Crippen molar-refractivity contribution in [3.8, 4) is 0 Å². The molecule has 6 heteroatoms. The van der Waals surface area contributed by atoms with Crippen molar-refractivity contribution in [2.24, 2.45) is 5.92 Å². The summed E-state index contributed by atoms with van der Waals surface area (Å²) in [6.07, 6.45) is 3.50. The van der Waals surface area contributed by atoms with Gasteiger partial charge in [-0.3, -0.25) is 9.59 Å². The minimum Gasteiger partial charge on any atom is -0.326 e. The lowest BCUT2D eigenvalue weighted by molar-refractivity contribution is -0.117. The number of hydrogen-bond acceptors (Lipinski definition) is 3. The van der Waals surface area contributed by atoms with Gasteiger partial charge >= 0.3 is 0 Å². The summed E-state index contributed by atoms with van der Waals surface area (Å²) in [5, 5.41) is 5.55. The third kappa shape index (κ3) is 3.71. The van der Waals surface area contributed by atoms with E-state index in [9.17, 15) is 9.59 Å². The molecule has 112 valence electrons. The minimum absolute atomic E-state index is 0.0205. The van der Waals surface area contributed by atoms with Gasteiger partial charge in [-0.2, -0.15) is 0 Å². The van der Waals surface area contributed by atoms with Crippen LogP contribution in [-0.4, -0.2) is 16.8 Å². The van der Waals surface area contributed by atoms with E-state index in [1.54, 1.807) is 42.6 Å². The molecule has 0 radical (unpaired) electrons. The average Bonchev–Trinajstić information content (AvgIpc) is 3.34. The Labute approximate surface area is 136 Å². The van der Waals surface area contributed by atoms with Crippen LogP contribution in [0.3, 0.4) is 0 Å². The van der Waals surface area contributed by atoms with Gasteiger partial charge in [0, 0.05) is 27.8 Å². The fraction of sp³-hybridized carbons (Fsp3) is 0.188. The Morgan fingerprint density at radius 1 is 1.14 bits per heavy atom. The van der Waals surface area contributed by atoms with Gasteiger partial charge in [-0.25, -0.2) is 4.98 Å². The average molecular weight is 360 g/mol. The fourth-order valence-electron chi connectivity index (χ4n) is 1.97. The van der Waals surface area contributed by atoms with Crippen LogP contribution in [0.25, 0.3) is 0 Å². The van der Waals surface area contributed by atoms with E-state index < -0.39 is 0 Å². The first-order chi connectivity index (χ1) is 10.6. The molecule has 0 spiro atoms. The van der Waals surface area contributed by atoms with E-state index in [-0.39, 0.29) is 17.7 Å². The molecule has 0 saturated heterocycles. The summed E-state index contributed by atoms with van der Waals surface area (Å²) in [6.45, 7) is 0. The Morgan fingerprint density at radius 2 is 1.95 bits per heavy atom. The SMILES string of the molecule is O=C(Nc1ccc(Br)cn1)c1cccc(NC(=O)C2CC2)c1. The molecule has 2 aromatic rings. The lowest BCUT2D eigenvalue weighted by atomic mass is 10.2. The summed E-state index contributed by atoms with van der Waals surface area (Å²) in [5.41, 5.74) is 1.10. The highest BCUT2D eigenvalue weighted by Gasteiger charge is 2.29. The monoisotopic (exact) mass is 359 g/mol. The van der Waals surface area contributed by atoms with E-state index in [2.05, 4.69) is 31.5 Å². The molecule has 1 saturated carbocycles. The number of benzene rings is 1. The quantitative estimate of drug-likeness (QED) is 0.878. The molecule has 0 atom stereocenters. The van der Waals surface area contributed by atoms with Crippen LogP contribution in [-0.2, 0) is 4.79 Å². The highest BCUT2D eigenvalue weighted by Crippen LogP contribution is 2.30. The molecular weight excluding hydrogens is 346 g/mol. The first kappa shape index (κ1) is 14.7. The van der Waals surface area contributed by atoms with Crippen molar-refractivity contribution in [2.75, 3.05) is 10.6 Å². The van der Waals surface area contributed by atoms with Crippen molar-refractivity contribution < 1.29 is 9.59 Å². The number of carbonyl (C=O) groups is 2. The summed E-state index contributed by atoms with van der Waals surface area (Å²) in [7, 11) is 0. The van der Waals surface area contributed by atoms with Gasteiger partial charge in [0.05, 0.1) is 0 Å². The third-order valence-electron chi connectivity index (χ3n) is 3.31. The summed E-state index contributed by atoms with van der Waals surface area (Å²) in [5.74, 6) is 0.356. The van der Waals surface area contributed by atoms with E-state index in [0.717, 1.165) is 17.3 Å². The molecule has 0 aliphatic heterocycles. The largest absolute Gasteiger partial charge is 0.326 e. The molecule has 1 aliphatic carbocycles. The number of amides is 2. The zero-order valence-corrected chi connectivity index (χ0v) is 13.3. The number of pyridine rings is 1. The number of aromatic nitrogens is 1. The lowest BCUT2D eigenvalue weighted by Crippen LogP contribution is -2.15. The second kappa shape index (κ2) is 6.27. The standard InChI is InChI=1S/C16H14BrN3O2/c17-12-6-7-14(18-9-12)20-16(22)11-2-1-3-13(8-11)19-15(21)10-4-5-10/h1-3,6-10H,4-5H2,(H,19,21)(H,18,20,22). The second-order valence-electron chi connectivity index (χ2n) is 5.16. The van der Waals surface area contributed by atoms with E-state index in [1.807, 2.05) is 0 Å². The Balaban J connectivity index is 1.69. The predicted molar refractivity (Wildman–Crippen MR) is 87.7 cm³/mol. The van der Waals surface area contributed by atoms with Crippen LogP contribution in [0, 0.1) is 5.92 Å². The number of nitrogens with one attached hydrogen (secondary N) is 2. The Morgan fingerprint density at radius 3 is 2.64 bits per heavy atom. The molecule has 1 aromatic carbocycles. The molecule has 0 unspecified atom stereocenters. The van der Waals surface area contributed by atoms with Gasteiger partial charge in [0.2, 0.25) is 5.91 Å². The molecule has 3 rings (SSSR count). The van der Waals surface area contributed by atoms with Crippen LogP contribution in [0.5, 0.6) is 0 Å². The van der Waals surface area contributed by atoms with Gasteiger partial charge in [-0.05, 0) is 59.1 Å². The van der Waals surface area contributed by atoms with Crippen molar-refractivity contribution >= 4 is 39.2 Å². The molecule has 1 aromatic heterocycles. The third-order valence-corrected chi connectivity index (χ3v) is 3.78. The maximum atomic E-state index is 12.2. The molecule has 1 heterocycles. The van der Waals surface area contributed by atoms with Crippen molar-refractivity contribution in [1.82, 2.24) is 4.98 Å². The van der Waals surface area contributed by atoms with Crippen LogP contribution in [0.4, 0.5) is 11.5 Å². The molecule has 1 fully saturated rings. The molecular formula is C16H14BrN3O2. The molecule has 2 amide bonds. The number of halogens is 1. The maximum Gasteiger partial charge on any atom is 0.256 e. The van der Waals surface area contributed by atoms with Gasteiger partial charge in [0.1, 0.15) is 5.82 Å². The minimum atomic E-state index is -0.266. The van der Waals surface area contributed by atoms with Crippen molar-refractivity contribution in [2.45, 2.75) is 12.8 Å². The molecule has 5 nitrogen and oxygen atoms in total. The molecule has 22 heavy (non-hydrogen) atoms. The summed E-state index contributed by atoms with van der Waals surface area (Å²) in [4.78, 5) is 28.1. The summed E-state index contributed by atoms with van der Waals surface area (Å²) >= 11 is 3.29. The van der Waals surface area contributed by atoms with Crippen molar-refractivity contribution in [3.63, 3.8) is 0 Å². The Hall–Kier alpha value is -2.21. The van der Waals surface area contributed by atoms with Crippen LogP contribution in [0.1, 0.15) is 23.2 Å². The fourth-order valence-corrected chi connectivity index (χ4v) is 2.20. The van der Waals surface area contributed by atoms with E-state index in [1.165, 1.54) is 0 Å². The van der Waals surface area contributed by atoms with Crippen LogP contribution >= 0.6 is 15.9 Å². The molecule has 0 bridgehead atoms. The normalized spacial score (nSPS) is 13.5. The lowest BCUT2D eigenvalue weighted by Gasteiger charge is -2.08. The number of anilines is 2. The second-order valence-corrected chi connectivity index (χ2v) is 6.08. The van der Waals surface area contributed by atoms with E-state index >= 15 is 0 Å². The zero-order chi connectivity index (χ0) is 15.5.